The van der Waals surface area contributed by atoms with Gasteiger partial charge in [0.25, 0.3) is 10.0 Å². The Hall–Kier alpha value is -2.61. The minimum Gasteiger partial charge on any atom is -0.489 e. The van der Waals surface area contributed by atoms with Gasteiger partial charge in [0.05, 0.1) is 17.4 Å². The Kier molecular flexibility index (Phi) is 5.08. The fraction of sp³-hybridized carbons (Fsp3) is 0.188. The van der Waals surface area contributed by atoms with E-state index in [2.05, 4.69) is 4.72 Å². The quantitative estimate of drug-likeness (QED) is 0.832. The van der Waals surface area contributed by atoms with Crippen LogP contribution in [0.4, 0.5) is 10.1 Å². The van der Waals surface area contributed by atoms with Crippen LogP contribution in [-0.4, -0.2) is 25.6 Å². The molecular formula is C16H16FNO5S. The zero-order chi connectivity index (χ0) is 17.9. The third-order valence-electron chi connectivity index (χ3n) is 2.96. The van der Waals surface area contributed by atoms with Crippen molar-refractivity contribution in [2.24, 2.45) is 0 Å². The lowest BCUT2D eigenvalue weighted by Crippen LogP contribution is -2.17. The maximum Gasteiger partial charge on any atom is 0.335 e. The molecule has 0 aliphatic carbocycles. The van der Waals surface area contributed by atoms with Crippen LogP contribution >= 0.6 is 0 Å². The van der Waals surface area contributed by atoms with E-state index in [9.17, 15) is 17.6 Å². The van der Waals surface area contributed by atoms with Crippen molar-refractivity contribution in [3.8, 4) is 5.75 Å². The molecule has 0 fully saturated rings. The van der Waals surface area contributed by atoms with E-state index in [1.165, 1.54) is 24.3 Å². The van der Waals surface area contributed by atoms with Gasteiger partial charge in [0.15, 0.2) is 0 Å². The number of hydrogen-bond acceptors (Lipinski definition) is 4. The molecular weight excluding hydrogens is 337 g/mol. The summed E-state index contributed by atoms with van der Waals surface area (Å²) in [6.45, 7) is 3.47. The van der Waals surface area contributed by atoms with Gasteiger partial charge in [0, 0.05) is 0 Å². The van der Waals surface area contributed by atoms with Crippen LogP contribution in [0, 0.1) is 5.82 Å². The number of sulfonamides is 1. The molecule has 0 unspecified atom stereocenters. The minimum absolute atomic E-state index is 0.0770. The van der Waals surface area contributed by atoms with E-state index in [1.54, 1.807) is 13.8 Å². The molecule has 0 radical (unpaired) electrons. The van der Waals surface area contributed by atoms with E-state index < -0.39 is 26.7 Å². The molecule has 0 aromatic heterocycles. The van der Waals surface area contributed by atoms with Crippen molar-refractivity contribution < 1.29 is 27.4 Å². The van der Waals surface area contributed by atoms with Gasteiger partial charge in [-0.25, -0.2) is 17.6 Å². The Bertz CT molecular complexity index is 865. The molecule has 8 heteroatoms. The van der Waals surface area contributed by atoms with Crippen molar-refractivity contribution in [2.45, 2.75) is 24.8 Å². The van der Waals surface area contributed by atoms with Crippen molar-refractivity contribution >= 4 is 21.7 Å². The molecule has 0 heterocycles. The highest BCUT2D eigenvalue weighted by molar-refractivity contribution is 7.92. The number of carboxylic acids is 1. The SMILES string of the molecule is CC(C)Oc1ccc(C(=O)O)cc1NS(=O)(=O)c1ccccc1F. The zero-order valence-corrected chi connectivity index (χ0v) is 13.8. The number of ether oxygens (including phenoxy) is 1. The molecule has 0 amide bonds. The van der Waals surface area contributed by atoms with Gasteiger partial charge in [-0.2, -0.15) is 0 Å². The maximum atomic E-state index is 13.8. The van der Waals surface area contributed by atoms with E-state index >= 15 is 0 Å². The van der Waals surface area contributed by atoms with Crippen LogP contribution in [0.1, 0.15) is 24.2 Å². The first-order valence-corrected chi connectivity index (χ1v) is 8.50. The summed E-state index contributed by atoms with van der Waals surface area (Å²) in [5.74, 6) is -1.99. The second kappa shape index (κ2) is 6.88. The molecule has 0 saturated carbocycles. The van der Waals surface area contributed by atoms with Crippen molar-refractivity contribution in [3.63, 3.8) is 0 Å². The van der Waals surface area contributed by atoms with E-state index in [1.807, 2.05) is 0 Å². The summed E-state index contributed by atoms with van der Waals surface area (Å²) in [5, 5.41) is 9.06. The maximum absolute atomic E-state index is 13.8. The molecule has 6 nitrogen and oxygen atoms in total. The fourth-order valence-electron chi connectivity index (χ4n) is 1.96. The molecule has 2 aromatic rings. The normalized spacial score (nSPS) is 11.3. The topological polar surface area (TPSA) is 92.7 Å². The van der Waals surface area contributed by atoms with Gasteiger partial charge < -0.3 is 9.84 Å². The summed E-state index contributed by atoms with van der Waals surface area (Å²) in [6, 6.07) is 8.65. The van der Waals surface area contributed by atoms with Crippen molar-refractivity contribution in [3.05, 3.63) is 53.8 Å². The summed E-state index contributed by atoms with van der Waals surface area (Å²) in [5.41, 5.74) is -0.204. The number of anilines is 1. The van der Waals surface area contributed by atoms with Crippen LogP contribution < -0.4 is 9.46 Å². The van der Waals surface area contributed by atoms with Crippen LogP contribution in [0.25, 0.3) is 0 Å². The van der Waals surface area contributed by atoms with Crippen LogP contribution in [0.5, 0.6) is 5.75 Å². The Labute approximate surface area is 138 Å². The molecule has 2 N–H and O–H groups in total. The van der Waals surface area contributed by atoms with Crippen molar-refractivity contribution in [1.82, 2.24) is 0 Å². The number of rotatable bonds is 6. The highest BCUT2D eigenvalue weighted by Gasteiger charge is 2.21. The Morgan fingerprint density at radius 1 is 1.21 bits per heavy atom. The van der Waals surface area contributed by atoms with Gasteiger partial charge in [-0.1, -0.05) is 12.1 Å². The van der Waals surface area contributed by atoms with Crippen molar-refractivity contribution in [1.29, 1.82) is 0 Å². The van der Waals surface area contributed by atoms with Crippen LogP contribution in [-0.2, 0) is 10.0 Å². The number of carboxylic acid groups (broad SMARTS) is 1. The lowest BCUT2D eigenvalue weighted by atomic mass is 10.2. The highest BCUT2D eigenvalue weighted by Crippen LogP contribution is 2.29. The summed E-state index contributed by atoms with van der Waals surface area (Å²) >= 11 is 0. The van der Waals surface area contributed by atoms with E-state index in [0.717, 1.165) is 18.2 Å². The smallest absolute Gasteiger partial charge is 0.335 e. The van der Waals surface area contributed by atoms with Gasteiger partial charge in [0.1, 0.15) is 16.5 Å². The first-order chi connectivity index (χ1) is 11.2. The highest BCUT2D eigenvalue weighted by atomic mass is 32.2. The number of benzene rings is 2. The second-order valence-corrected chi connectivity index (χ2v) is 6.87. The van der Waals surface area contributed by atoms with E-state index in [4.69, 9.17) is 9.84 Å². The molecule has 0 spiro atoms. The van der Waals surface area contributed by atoms with Crippen molar-refractivity contribution in [2.75, 3.05) is 4.72 Å². The molecule has 2 rings (SSSR count). The van der Waals surface area contributed by atoms with Crippen LogP contribution in [0.2, 0.25) is 0 Å². The molecule has 0 atom stereocenters. The van der Waals surface area contributed by atoms with Gasteiger partial charge in [0.2, 0.25) is 0 Å². The van der Waals surface area contributed by atoms with Gasteiger partial charge in [-0.05, 0) is 44.2 Å². The fourth-order valence-corrected chi connectivity index (χ4v) is 3.10. The van der Waals surface area contributed by atoms with Gasteiger partial charge in [-0.15, -0.1) is 0 Å². The molecule has 0 saturated heterocycles. The Morgan fingerprint density at radius 3 is 2.46 bits per heavy atom. The molecule has 0 bridgehead atoms. The summed E-state index contributed by atoms with van der Waals surface area (Å²) in [6.07, 6.45) is -0.266. The Morgan fingerprint density at radius 2 is 1.88 bits per heavy atom. The third-order valence-corrected chi connectivity index (χ3v) is 4.36. The number of halogens is 1. The minimum atomic E-state index is -4.24. The predicted molar refractivity (Wildman–Crippen MR) is 86.4 cm³/mol. The van der Waals surface area contributed by atoms with E-state index in [-0.39, 0.29) is 23.1 Å². The molecule has 0 aliphatic rings. The predicted octanol–water partition coefficient (Wildman–Crippen LogP) is 3.11. The summed E-state index contributed by atoms with van der Waals surface area (Å²) < 4.78 is 46.2. The largest absolute Gasteiger partial charge is 0.489 e. The Balaban J connectivity index is 2.48. The average molecular weight is 353 g/mol. The number of aromatic carboxylic acids is 1. The number of nitrogens with one attached hydrogen (secondary N) is 1. The average Bonchev–Trinajstić information content (AvgIpc) is 2.48. The van der Waals surface area contributed by atoms with E-state index in [0.29, 0.717) is 0 Å². The molecule has 0 aliphatic heterocycles. The zero-order valence-electron chi connectivity index (χ0n) is 13.0. The number of carbonyl (C=O) groups is 1. The standard InChI is InChI=1S/C16H16FNO5S/c1-10(2)23-14-8-7-11(16(19)20)9-13(14)18-24(21,22)15-6-4-3-5-12(15)17/h3-10,18H,1-2H3,(H,19,20). The lowest BCUT2D eigenvalue weighted by Gasteiger charge is -2.16. The molecule has 2 aromatic carbocycles. The summed E-state index contributed by atoms with van der Waals surface area (Å²) in [7, 11) is -4.24. The van der Waals surface area contributed by atoms with Gasteiger partial charge in [-0.3, -0.25) is 4.72 Å². The molecule has 128 valence electrons. The first kappa shape index (κ1) is 17.7. The third kappa shape index (κ3) is 4.02. The second-order valence-electron chi connectivity index (χ2n) is 5.22. The summed E-state index contributed by atoms with van der Waals surface area (Å²) in [4.78, 5) is 10.6. The van der Waals surface area contributed by atoms with Gasteiger partial charge >= 0.3 is 5.97 Å². The van der Waals surface area contributed by atoms with Crippen LogP contribution in [0.15, 0.2) is 47.4 Å². The first-order valence-electron chi connectivity index (χ1n) is 7.02. The monoisotopic (exact) mass is 353 g/mol. The number of hydrogen-bond donors (Lipinski definition) is 2. The lowest BCUT2D eigenvalue weighted by molar-refractivity contribution is 0.0697. The van der Waals surface area contributed by atoms with Crippen LogP contribution in [0.3, 0.4) is 0 Å². The molecule has 24 heavy (non-hydrogen) atoms.